The van der Waals surface area contributed by atoms with E-state index in [0.717, 1.165) is 10.5 Å². The topological polar surface area (TPSA) is 66.5 Å². The minimum Gasteiger partial charge on any atom is -0.356 e. The Hall–Kier alpha value is -1.59. The Labute approximate surface area is 138 Å². The third kappa shape index (κ3) is 4.71. The summed E-state index contributed by atoms with van der Waals surface area (Å²) in [6.45, 7) is 0.587. The van der Waals surface area contributed by atoms with Crippen molar-refractivity contribution in [2.24, 2.45) is 0 Å². The van der Waals surface area contributed by atoms with E-state index in [9.17, 15) is 14.4 Å². The van der Waals surface area contributed by atoms with Crippen molar-refractivity contribution in [1.29, 1.82) is 0 Å². The van der Waals surface area contributed by atoms with Gasteiger partial charge in [-0.2, -0.15) is 0 Å². The normalized spacial score (nSPS) is 14.5. The van der Waals surface area contributed by atoms with E-state index in [4.69, 9.17) is 23.2 Å². The van der Waals surface area contributed by atoms with E-state index in [1.54, 1.807) is 18.2 Å². The van der Waals surface area contributed by atoms with Gasteiger partial charge in [0.15, 0.2) is 0 Å². The molecule has 0 atom stereocenters. The highest BCUT2D eigenvalue weighted by Crippen LogP contribution is 2.19. The van der Waals surface area contributed by atoms with Crippen LogP contribution in [-0.4, -0.2) is 35.7 Å². The first kappa shape index (κ1) is 16.8. The van der Waals surface area contributed by atoms with Crippen molar-refractivity contribution in [1.82, 2.24) is 10.2 Å². The molecular weight excluding hydrogens is 327 g/mol. The zero-order valence-corrected chi connectivity index (χ0v) is 13.4. The van der Waals surface area contributed by atoms with Crippen LogP contribution in [0, 0.1) is 0 Å². The van der Waals surface area contributed by atoms with E-state index in [2.05, 4.69) is 5.32 Å². The summed E-state index contributed by atoms with van der Waals surface area (Å²) >= 11 is 11.8. The number of nitrogens with zero attached hydrogens (tertiary/aromatic N) is 1. The van der Waals surface area contributed by atoms with Gasteiger partial charge in [0.05, 0.1) is 0 Å². The molecule has 3 amide bonds. The molecule has 1 heterocycles. The molecule has 7 heteroatoms. The van der Waals surface area contributed by atoms with Crippen molar-refractivity contribution in [3.63, 3.8) is 0 Å². The average Bonchev–Trinajstić information content (AvgIpc) is 2.75. The Balaban J connectivity index is 1.71. The lowest BCUT2D eigenvalue weighted by Crippen LogP contribution is -2.34. The molecule has 0 unspecified atom stereocenters. The predicted molar refractivity (Wildman–Crippen MR) is 83.7 cm³/mol. The molecule has 5 nitrogen and oxygen atoms in total. The van der Waals surface area contributed by atoms with Crippen LogP contribution in [0.1, 0.15) is 24.8 Å². The van der Waals surface area contributed by atoms with Crippen LogP contribution in [0.4, 0.5) is 0 Å². The molecule has 118 valence electrons. The minimum atomic E-state index is -0.202. The van der Waals surface area contributed by atoms with Crippen molar-refractivity contribution in [3.05, 3.63) is 33.8 Å². The molecule has 1 aromatic rings. The Morgan fingerprint density at radius 1 is 1.09 bits per heavy atom. The van der Waals surface area contributed by atoms with Gasteiger partial charge < -0.3 is 5.32 Å². The number of carbonyl (C=O) groups excluding carboxylic acids is 3. The summed E-state index contributed by atoms with van der Waals surface area (Å²) in [4.78, 5) is 35.7. The second-order valence-corrected chi connectivity index (χ2v) is 5.94. The number of benzene rings is 1. The van der Waals surface area contributed by atoms with Crippen molar-refractivity contribution in [3.8, 4) is 0 Å². The molecule has 1 saturated heterocycles. The Morgan fingerprint density at radius 3 is 2.27 bits per heavy atom. The van der Waals surface area contributed by atoms with Crippen molar-refractivity contribution < 1.29 is 14.4 Å². The van der Waals surface area contributed by atoms with Crippen LogP contribution in [0.25, 0.3) is 0 Å². The van der Waals surface area contributed by atoms with Gasteiger partial charge in [0, 0.05) is 42.4 Å². The number of likely N-dealkylation sites (tertiary alicyclic amines) is 1. The molecule has 22 heavy (non-hydrogen) atoms. The third-order valence-electron chi connectivity index (χ3n) is 3.38. The van der Waals surface area contributed by atoms with Gasteiger partial charge in [-0.15, -0.1) is 0 Å². The van der Waals surface area contributed by atoms with Gasteiger partial charge in [-0.1, -0.05) is 23.2 Å². The maximum Gasteiger partial charge on any atom is 0.229 e. The fourth-order valence-electron chi connectivity index (χ4n) is 2.28. The number of nitrogens with one attached hydrogen (secondary N) is 1. The predicted octanol–water partition coefficient (Wildman–Crippen LogP) is 2.19. The molecule has 0 saturated carbocycles. The van der Waals surface area contributed by atoms with Crippen LogP contribution < -0.4 is 5.32 Å². The highest BCUT2D eigenvalue weighted by Gasteiger charge is 2.28. The molecular formula is C15H16Cl2N2O3. The average molecular weight is 343 g/mol. The molecule has 1 aromatic carbocycles. The molecule has 1 N–H and O–H groups in total. The van der Waals surface area contributed by atoms with Crippen LogP contribution in [0.2, 0.25) is 10.0 Å². The summed E-state index contributed by atoms with van der Waals surface area (Å²) in [5, 5.41) is 3.86. The molecule has 1 fully saturated rings. The van der Waals surface area contributed by atoms with E-state index in [0.29, 0.717) is 23.0 Å². The zero-order valence-electron chi connectivity index (χ0n) is 11.9. The summed E-state index contributed by atoms with van der Waals surface area (Å²) < 4.78 is 0. The lowest BCUT2D eigenvalue weighted by molar-refractivity contribution is -0.138. The number of hydrogen-bond donors (Lipinski definition) is 1. The summed E-state index contributed by atoms with van der Waals surface area (Å²) in [7, 11) is 0. The standard InChI is InChI=1S/C15H16Cl2N2O3/c16-11-7-10(8-12(17)9-11)3-5-18-13(20)4-6-19-14(21)1-2-15(19)22/h7-9H,1-6H2,(H,18,20). The summed E-state index contributed by atoms with van der Waals surface area (Å²) in [6, 6.07) is 5.23. The quantitative estimate of drug-likeness (QED) is 0.806. The monoisotopic (exact) mass is 342 g/mol. The molecule has 2 rings (SSSR count). The number of rotatable bonds is 6. The lowest BCUT2D eigenvalue weighted by Gasteiger charge is -2.13. The first-order valence-electron chi connectivity index (χ1n) is 7.00. The van der Waals surface area contributed by atoms with Gasteiger partial charge in [-0.05, 0) is 30.2 Å². The number of carbonyl (C=O) groups is 3. The largest absolute Gasteiger partial charge is 0.356 e. The molecule has 1 aliphatic heterocycles. The Bertz CT molecular complexity index is 568. The second kappa shape index (κ2) is 7.61. The SMILES string of the molecule is O=C(CCN1C(=O)CCC1=O)NCCc1cc(Cl)cc(Cl)c1. The van der Waals surface area contributed by atoms with Crippen LogP contribution in [-0.2, 0) is 20.8 Å². The smallest absolute Gasteiger partial charge is 0.229 e. The molecule has 0 aliphatic carbocycles. The Morgan fingerprint density at radius 2 is 1.68 bits per heavy atom. The summed E-state index contributed by atoms with van der Waals surface area (Å²) in [5.41, 5.74) is 0.933. The molecule has 0 aromatic heterocycles. The molecule has 0 radical (unpaired) electrons. The van der Waals surface area contributed by atoms with Gasteiger partial charge in [0.2, 0.25) is 17.7 Å². The van der Waals surface area contributed by atoms with Crippen LogP contribution in [0.3, 0.4) is 0 Å². The van der Waals surface area contributed by atoms with Gasteiger partial charge >= 0.3 is 0 Å². The fraction of sp³-hybridized carbons (Fsp3) is 0.400. The van der Waals surface area contributed by atoms with E-state index in [-0.39, 0.29) is 43.5 Å². The molecule has 0 spiro atoms. The van der Waals surface area contributed by atoms with Gasteiger partial charge in [0.25, 0.3) is 0 Å². The van der Waals surface area contributed by atoms with Crippen LogP contribution >= 0.6 is 23.2 Å². The Kier molecular flexibility index (Phi) is 5.80. The molecule has 1 aliphatic rings. The highest BCUT2D eigenvalue weighted by atomic mass is 35.5. The number of halogens is 2. The van der Waals surface area contributed by atoms with Crippen molar-refractivity contribution >= 4 is 40.9 Å². The number of hydrogen-bond acceptors (Lipinski definition) is 3. The maximum atomic E-state index is 11.7. The number of imide groups is 1. The fourth-order valence-corrected chi connectivity index (χ4v) is 2.85. The molecule has 0 bridgehead atoms. The summed E-state index contributed by atoms with van der Waals surface area (Å²) in [6.07, 6.45) is 1.22. The highest BCUT2D eigenvalue weighted by molar-refractivity contribution is 6.34. The van der Waals surface area contributed by atoms with Gasteiger partial charge in [0.1, 0.15) is 0 Å². The minimum absolute atomic E-state index is 0.119. The van der Waals surface area contributed by atoms with Crippen molar-refractivity contribution in [2.45, 2.75) is 25.7 Å². The number of amides is 3. The first-order valence-corrected chi connectivity index (χ1v) is 7.76. The van der Waals surface area contributed by atoms with E-state index < -0.39 is 0 Å². The van der Waals surface area contributed by atoms with E-state index in [1.807, 2.05) is 0 Å². The van der Waals surface area contributed by atoms with Gasteiger partial charge in [-0.3, -0.25) is 19.3 Å². The maximum absolute atomic E-state index is 11.7. The third-order valence-corrected chi connectivity index (χ3v) is 3.81. The van der Waals surface area contributed by atoms with E-state index >= 15 is 0 Å². The van der Waals surface area contributed by atoms with Crippen molar-refractivity contribution in [2.75, 3.05) is 13.1 Å². The second-order valence-electron chi connectivity index (χ2n) is 5.07. The van der Waals surface area contributed by atoms with E-state index in [1.165, 1.54) is 0 Å². The van der Waals surface area contributed by atoms with Gasteiger partial charge in [-0.25, -0.2) is 0 Å². The lowest BCUT2D eigenvalue weighted by atomic mass is 10.1. The van der Waals surface area contributed by atoms with Crippen LogP contribution in [0.5, 0.6) is 0 Å². The zero-order chi connectivity index (χ0) is 16.1. The summed E-state index contributed by atoms with van der Waals surface area (Å²) in [5.74, 6) is -0.599. The van der Waals surface area contributed by atoms with Crippen LogP contribution in [0.15, 0.2) is 18.2 Å². The first-order chi connectivity index (χ1) is 10.5.